The molecule has 0 atom stereocenters. The molecular formula is C18H16ClN3O3S. The van der Waals surface area contributed by atoms with Gasteiger partial charge in [-0.15, -0.1) is 11.8 Å². The van der Waals surface area contributed by atoms with Gasteiger partial charge in [-0.05, 0) is 43.7 Å². The van der Waals surface area contributed by atoms with Gasteiger partial charge in [0.05, 0.1) is 16.1 Å². The second-order valence-corrected chi connectivity index (χ2v) is 7.01. The number of carboxylic acids is 1. The number of anilines is 1. The van der Waals surface area contributed by atoms with Crippen molar-refractivity contribution < 1.29 is 14.7 Å². The molecule has 0 spiro atoms. The van der Waals surface area contributed by atoms with Crippen LogP contribution in [0.15, 0.2) is 29.3 Å². The summed E-state index contributed by atoms with van der Waals surface area (Å²) in [4.78, 5) is 27.5. The highest BCUT2D eigenvalue weighted by Gasteiger charge is 2.12. The molecule has 0 saturated heterocycles. The third kappa shape index (κ3) is 4.97. The van der Waals surface area contributed by atoms with E-state index in [1.165, 1.54) is 23.9 Å². The Balaban J connectivity index is 1.97. The molecule has 134 valence electrons. The van der Waals surface area contributed by atoms with Crippen LogP contribution >= 0.6 is 23.4 Å². The lowest BCUT2D eigenvalue weighted by atomic mass is 10.1. The minimum Gasteiger partial charge on any atom is -0.478 e. The highest BCUT2D eigenvalue weighted by Crippen LogP contribution is 2.25. The first-order valence-corrected chi connectivity index (χ1v) is 9.02. The van der Waals surface area contributed by atoms with Gasteiger partial charge in [-0.25, -0.2) is 9.78 Å². The maximum atomic E-state index is 12.1. The summed E-state index contributed by atoms with van der Waals surface area (Å²) in [7, 11) is 0. The number of carboxylic acid groups (broad SMARTS) is 1. The molecule has 0 fully saturated rings. The number of benzene rings is 1. The van der Waals surface area contributed by atoms with Crippen molar-refractivity contribution in [3.8, 4) is 6.07 Å². The molecule has 1 heterocycles. The van der Waals surface area contributed by atoms with Crippen LogP contribution in [-0.4, -0.2) is 27.7 Å². The maximum absolute atomic E-state index is 12.1. The summed E-state index contributed by atoms with van der Waals surface area (Å²) >= 11 is 7.14. The third-order valence-electron chi connectivity index (χ3n) is 3.47. The zero-order valence-corrected chi connectivity index (χ0v) is 15.7. The average Bonchev–Trinajstić information content (AvgIpc) is 2.56. The normalized spacial score (nSPS) is 10.2. The number of pyridine rings is 1. The summed E-state index contributed by atoms with van der Waals surface area (Å²) in [6.07, 6.45) is 0.190. The Morgan fingerprint density at radius 1 is 1.35 bits per heavy atom. The number of nitrogens with zero attached hydrogens (tertiary/aromatic N) is 2. The van der Waals surface area contributed by atoms with Crippen molar-refractivity contribution in [2.45, 2.75) is 25.3 Å². The first kappa shape index (κ1) is 19.8. The van der Waals surface area contributed by atoms with E-state index in [9.17, 15) is 14.9 Å². The zero-order chi connectivity index (χ0) is 19.3. The predicted octanol–water partition coefficient (Wildman–Crippen LogP) is 4.04. The molecule has 0 aliphatic rings. The van der Waals surface area contributed by atoms with Crippen LogP contribution in [0, 0.1) is 25.2 Å². The number of aromatic carboxylic acids is 1. The van der Waals surface area contributed by atoms with Gasteiger partial charge in [0.15, 0.2) is 0 Å². The fourth-order valence-electron chi connectivity index (χ4n) is 2.27. The van der Waals surface area contributed by atoms with Crippen molar-refractivity contribution in [3.05, 3.63) is 51.7 Å². The average molecular weight is 390 g/mol. The van der Waals surface area contributed by atoms with Crippen molar-refractivity contribution >= 4 is 40.9 Å². The smallest absolute Gasteiger partial charge is 0.337 e. The quantitative estimate of drug-likeness (QED) is 0.722. The number of rotatable bonds is 6. The van der Waals surface area contributed by atoms with Gasteiger partial charge in [0.25, 0.3) is 0 Å². The fraction of sp³-hybridized carbons (Fsp3) is 0.222. The topological polar surface area (TPSA) is 103 Å². The number of thioether (sulfide) groups is 1. The molecule has 26 heavy (non-hydrogen) atoms. The Morgan fingerprint density at radius 2 is 2.08 bits per heavy atom. The number of carbonyl (C=O) groups excluding carboxylic acids is 1. The van der Waals surface area contributed by atoms with Crippen molar-refractivity contribution in [1.82, 2.24) is 4.98 Å². The van der Waals surface area contributed by atoms with E-state index in [4.69, 9.17) is 16.7 Å². The van der Waals surface area contributed by atoms with Gasteiger partial charge < -0.3 is 10.4 Å². The number of nitriles is 1. The zero-order valence-electron chi connectivity index (χ0n) is 14.2. The first-order valence-electron chi connectivity index (χ1n) is 7.65. The van der Waals surface area contributed by atoms with Gasteiger partial charge in [-0.3, -0.25) is 4.79 Å². The molecule has 2 N–H and O–H groups in total. The molecule has 1 aromatic carbocycles. The van der Waals surface area contributed by atoms with Crippen molar-refractivity contribution in [2.75, 3.05) is 11.1 Å². The second kappa shape index (κ2) is 8.70. The van der Waals surface area contributed by atoms with Crippen LogP contribution in [0.4, 0.5) is 5.69 Å². The van der Waals surface area contributed by atoms with Crippen molar-refractivity contribution in [3.63, 3.8) is 0 Å². The number of nitrogens with one attached hydrogen (secondary N) is 1. The Hall–Kier alpha value is -2.56. The molecule has 0 aliphatic heterocycles. The Kier molecular flexibility index (Phi) is 6.61. The number of hydrogen-bond donors (Lipinski definition) is 2. The molecule has 2 aromatic rings. The van der Waals surface area contributed by atoms with E-state index >= 15 is 0 Å². The van der Waals surface area contributed by atoms with Crippen LogP contribution < -0.4 is 5.32 Å². The summed E-state index contributed by atoms with van der Waals surface area (Å²) in [5.74, 6) is -0.985. The molecule has 0 bridgehead atoms. The predicted molar refractivity (Wildman–Crippen MR) is 101 cm³/mol. The lowest BCUT2D eigenvalue weighted by Gasteiger charge is -2.09. The number of halogens is 1. The van der Waals surface area contributed by atoms with Crippen LogP contribution in [0.25, 0.3) is 0 Å². The second-order valence-electron chi connectivity index (χ2n) is 5.52. The summed E-state index contributed by atoms with van der Waals surface area (Å²) in [5, 5.41) is 21.7. The lowest BCUT2D eigenvalue weighted by Crippen LogP contribution is -2.13. The monoisotopic (exact) mass is 389 g/mol. The van der Waals surface area contributed by atoms with Gasteiger partial charge in [0.1, 0.15) is 11.1 Å². The third-order valence-corrected chi connectivity index (χ3v) is 4.78. The van der Waals surface area contributed by atoms with Gasteiger partial charge in [-0.2, -0.15) is 5.26 Å². The van der Waals surface area contributed by atoms with Gasteiger partial charge >= 0.3 is 5.97 Å². The Labute approximate surface area is 160 Å². The number of hydrogen-bond acceptors (Lipinski definition) is 5. The van der Waals surface area contributed by atoms with E-state index in [-0.39, 0.29) is 22.9 Å². The van der Waals surface area contributed by atoms with Crippen LogP contribution in [0.3, 0.4) is 0 Å². The van der Waals surface area contributed by atoms with Gasteiger partial charge in [0.2, 0.25) is 5.91 Å². The van der Waals surface area contributed by atoms with Crippen LogP contribution in [0.1, 0.15) is 33.6 Å². The van der Waals surface area contributed by atoms with Crippen molar-refractivity contribution in [2.24, 2.45) is 0 Å². The fourth-order valence-corrected chi connectivity index (χ4v) is 3.51. The standard InChI is InChI=1S/C18H16ClN3O3S/c1-10-7-11(2)21-17(14(10)9-20)26-6-5-16(23)22-12-3-4-15(19)13(8-12)18(24)25/h3-4,7-8H,5-6H2,1-2H3,(H,22,23)(H,24,25). The van der Waals surface area contributed by atoms with E-state index in [0.29, 0.717) is 22.0 Å². The molecule has 1 aromatic heterocycles. The van der Waals surface area contributed by atoms with E-state index < -0.39 is 5.97 Å². The van der Waals surface area contributed by atoms with Crippen molar-refractivity contribution in [1.29, 1.82) is 5.26 Å². The van der Waals surface area contributed by atoms with Gasteiger partial charge in [0, 0.05) is 23.6 Å². The molecule has 1 amide bonds. The maximum Gasteiger partial charge on any atom is 0.337 e. The minimum absolute atomic E-state index is 0.0723. The SMILES string of the molecule is Cc1cc(C)c(C#N)c(SCCC(=O)Nc2ccc(Cl)c(C(=O)O)c2)n1. The molecule has 0 saturated carbocycles. The van der Waals surface area contributed by atoms with E-state index in [0.717, 1.165) is 11.3 Å². The summed E-state index contributed by atoms with van der Waals surface area (Å²) in [6, 6.07) is 8.26. The summed E-state index contributed by atoms with van der Waals surface area (Å²) in [5.41, 5.74) is 2.48. The van der Waals surface area contributed by atoms with E-state index in [2.05, 4.69) is 16.4 Å². The molecule has 6 nitrogen and oxygen atoms in total. The minimum atomic E-state index is -1.16. The molecular weight excluding hydrogens is 374 g/mol. The van der Waals surface area contributed by atoms with E-state index in [1.54, 1.807) is 6.07 Å². The first-order chi connectivity index (χ1) is 12.3. The molecule has 0 radical (unpaired) electrons. The Morgan fingerprint density at radius 3 is 2.73 bits per heavy atom. The highest BCUT2D eigenvalue weighted by molar-refractivity contribution is 7.99. The van der Waals surface area contributed by atoms with Crippen LogP contribution in [0.5, 0.6) is 0 Å². The number of aromatic nitrogens is 1. The van der Waals surface area contributed by atoms with Crippen LogP contribution in [0.2, 0.25) is 5.02 Å². The lowest BCUT2D eigenvalue weighted by molar-refractivity contribution is -0.115. The van der Waals surface area contributed by atoms with Crippen LogP contribution in [-0.2, 0) is 4.79 Å². The summed E-state index contributed by atoms with van der Waals surface area (Å²) < 4.78 is 0. The van der Waals surface area contributed by atoms with Gasteiger partial charge in [-0.1, -0.05) is 11.6 Å². The molecule has 2 rings (SSSR count). The summed E-state index contributed by atoms with van der Waals surface area (Å²) in [6.45, 7) is 3.70. The number of aryl methyl sites for hydroxylation is 2. The van der Waals surface area contributed by atoms with E-state index in [1.807, 2.05) is 19.9 Å². The largest absolute Gasteiger partial charge is 0.478 e. The number of amides is 1. The molecule has 0 aliphatic carbocycles. The molecule has 8 heteroatoms. The number of carbonyl (C=O) groups is 2. The molecule has 0 unspecified atom stereocenters. The Bertz CT molecular complexity index is 909. The highest BCUT2D eigenvalue weighted by atomic mass is 35.5.